The average Bonchev–Trinajstić information content (AvgIpc) is 2.35. The Morgan fingerprint density at radius 1 is 1.44 bits per heavy atom. The molecule has 0 heterocycles. The average molecular weight is 304 g/mol. The summed E-state index contributed by atoms with van der Waals surface area (Å²) in [5.74, 6) is 0.471. The van der Waals surface area contributed by atoms with E-state index in [9.17, 15) is 0 Å². The van der Waals surface area contributed by atoms with Gasteiger partial charge in [-0.3, -0.25) is 0 Å². The summed E-state index contributed by atoms with van der Waals surface area (Å²) in [6, 6.07) is 9.99. The smallest absolute Gasteiger partial charge is 0.0973 e. The second kappa shape index (κ2) is 6.83. The van der Waals surface area contributed by atoms with Crippen molar-refractivity contribution in [2.75, 3.05) is 5.32 Å². The summed E-state index contributed by atoms with van der Waals surface area (Å²) in [4.78, 5) is 0. The highest BCUT2D eigenvalue weighted by molar-refractivity contribution is 9.10. The van der Waals surface area contributed by atoms with E-state index in [-0.39, 0.29) is 6.42 Å². The number of benzene rings is 1. The van der Waals surface area contributed by atoms with Crippen LogP contribution in [0, 0.1) is 22.7 Å². The summed E-state index contributed by atoms with van der Waals surface area (Å²) < 4.78 is 0.944. The molecule has 0 spiro atoms. The van der Waals surface area contributed by atoms with Crippen molar-refractivity contribution in [1.82, 2.24) is 0 Å². The molecule has 0 fully saturated rings. The Hall–Kier alpha value is -1.78. The molecule has 92 valence electrons. The zero-order valence-corrected chi connectivity index (χ0v) is 12.0. The second-order valence-corrected chi connectivity index (χ2v) is 5.01. The fraction of sp³-hybridized carbons (Fsp3) is 0.286. The molecule has 0 aliphatic rings. The van der Waals surface area contributed by atoms with Crippen molar-refractivity contribution in [3.05, 3.63) is 40.0 Å². The van der Waals surface area contributed by atoms with E-state index in [1.54, 1.807) is 6.20 Å². The predicted molar refractivity (Wildman–Crippen MR) is 75.8 cm³/mol. The van der Waals surface area contributed by atoms with Crippen molar-refractivity contribution in [3.8, 4) is 12.1 Å². The summed E-state index contributed by atoms with van der Waals surface area (Å²) >= 11 is 3.49. The van der Waals surface area contributed by atoms with Crippen molar-refractivity contribution < 1.29 is 0 Å². The lowest BCUT2D eigenvalue weighted by atomic mass is 10.0. The van der Waals surface area contributed by atoms with Crippen LogP contribution in [0.1, 0.15) is 31.7 Å². The minimum Gasteiger partial charge on any atom is -0.360 e. The molecule has 4 heteroatoms. The summed E-state index contributed by atoms with van der Waals surface area (Å²) in [6.45, 7) is 4.27. The fourth-order valence-electron chi connectivity index (χ4n) is 1.38. The molecule has 0 radical (unpaired) electrons. The number of nitriles is 2. The quantitative estimate of drug-likeness (QED) is 0.843. The van der Waals surface area contributed by atoms with Crippen molar-refractivity contribution in [1.29, 1.82) is 10.5 Å². The van der Waals surface area contributed by atoms with E-state index < -0.39 is 0 Å². The van der Waals surface area contributed by atoms with Gasteiger partial charge in [0.2, 0.25) is 0 Å². The van der Waals surface area contributed by atoms with E-state index in [4.69, 9.17) is 10.5 Å². The van der Waals surface area contributed by atoms with E-state index in [1.165, 1.54) is 5.56 Å². The standard InChI is InChI=1S/C14H14BrN3/c1-10(2)12-3-4-14(13(15)7-12)18-9-11(8-17)5-6-16/h3-4,7,9-10,18H,5H2,1-2H3/b11-9+. The number of anilines is 1. The summed E-state index contributed by atoms with van der Waals surface area (Å²) in [6.07, 6.45) is 1.68. The maximum absolute atomic E-state index is 8.80. The van der Waals surface area contributed by atoms with E-state index >= 15 is 0 Å². The van der Waals surface area contributed by atoms with E-state index in [0.717, 1.165) is 10.2 Å². The van der Waals surface area contributed by atoms with Gasteiger partial charge in [-0.2, -0.15) is 10.5 Å². The van der Waals surface area contributed by atoms with Crippen LogP contribution in [0.2, 0.25) is 0 Å². The van der Waals surface area contributed by atoms with Gasteiger partial charge in [0.25, 0.3) is 0 Å². The molecule has 3 nitrogen and oxygen atoms in total. The Morgan fingerprint density at radius 2 is 2.17 bits per heavy atom. The third kappa shape index (κ3) is 3.91. The molecule has 0 amide bonds. The molecule has 1 aromatic rings. The van der Waals surface area contributed by atoms with Gasteiger partial charge in [-0.15, -0.1) is 0 Å². The Balaban J connectivity index is 2.87. The van der Waals surface area contributed by atoms with E-state index in [1.807, 2.05) is 24.3 Å². The molecule has 1 rings (SSSR count). The largest absolute Gasteiger partial charge is 0.360 e. The number of allylic oxidation sites excluding steroid dienone is 1. The number of hydrogen-bond donors (Lipinski definition) is 1. The van der Waals surface area contributed by atoms with Gasteiger partial charge < -0.3 is 5.32 Å². The van der Waals surface area contributed by atoms with Crippen LogP contribution in [-0.2, 0) is 0 Å². The van der Waals surface area contributed by atoms with Gasteiger partial charge in [0.1, 0.15) is 0 Å². The normalized spacial score (nSPS) is 10.9. The van der Waals surface area contributed by atoms with Crippen LogP contribution >= 0.6 is 15.9 Å². The van der Waals surface area contributed by atoms with Gasteiger partial charge >= 0.3 is 0 Å². The van der Waals surface area contributed by atoms with Gasteiger partial charge in [0.05, 0.1) is 29.8 Å². The third-order valence-electron chi connectivity index (χ3n) is 2.47. The highest BCUT2D eigenvalue weighted by Gasteiger charge is 2.03. The first-order chi connectivity index (χ1) is 8.58. The first kappa shape index (κ1) is 14.3. The Bertz CT molecular complexity index is 533. The summed E-state index contributed by atoms with van der Waals surface area (Å²) in [5.41, 5.74) is 2.54. The minimum absolute atomic E-state index is 0.116. The highest BCUT2D eigenvalue weighted by Crippen LogP contribution is 2.27. The van der Waals surface area contributed by atoms with E-state index in [2.05, 4.69) is 41.2 Å². The lowest BCUT2D eigenvalue weighted by Gasteiger charge is -2.09. The van der Waals surface area contributed by atoms with Gasteiger partial charge in [-0.05, 0) is 39.5 Å². The first-order valence-corrected chi connectivity index (χ1v) is 6.40. The van der Waals surface area contributed by atoms with Gasteiger partial charge in [0, 0.05) is 10.7 Å². The van der Waals surface area contributed by atoms with Crippen LogP contribution in [0.4, 0.5) is 5.69 Å². The number of nitrogens with zero attached hydrogens (tertiary/aromatic N) is 2. The van der Waals surface area contributed by atoms with Crippen molar-refractivity contribution in [2.45, 2.75) is 26.2 Å². The minimum atomic E-state index is 0.116. The molecule has 0 unspecified atom stereocenters. The maximum atomic E-state index is 8.80. The fourth-order valence-corrected chi connectivity index (χ4v) is 1.89. The highest BCUT2D eigenvalue weighted by atomic mass is 79.9. The zero-order valence-electron chi connectivity index (χ0n) is 10.4. The van der Waals surface area contributed by atoms with Crippen LogP contribution in [0.15, 0.2) is 34.4 Å². The molecule has 0 aliphatic carbocycles. The molecule has 0 saturated carbocycles. The van der Waals surface area contributed by atoms with Crippen LogP contribution < -0.4 is 5.32 Å². The molecule has 0 saturated heterocycles. The van der Waals surface area contributed by atoms with E-state index in [0.29, 0.717) is 11.5 Å². The molecule has 0 aliphatic heterocycles. The number of nitrogens with one attached hydrogen (secondary N) is 1. The zero-order chi connectivity index (χ0) is 13.5. The molecule has 1 N–H and O–H groups in total. The lowest BCUT2D eigenvalue weighted by Crippen LogP contribution is -1.94. The molecular formula is C14H14BrN3. The molecule has 0 atom stereocenters. The van der Waals surface area contributed by atoms with Crippen LogP contribution in [0.5, 0.6) is 0 Å². The molecule has 0 bridgehead atoms. The van der Waals surface area contributed by atoms with Crippen LogP contribution in [-0.4, -0.2) is 0 Å². The van der Waals surface area contributed by atoms with Gasteiger partial charge in [-0.1, -0.05) is 19.9 Å². The number of hydrogen-bond acceptors (Lipinski definition) is 3. The monoisotopic (exact) mass is 303 g/mol. The van der Waals surface area contributed by atoms with Crippen molar-refractivity contribution in [3.63, 3.8) is 0 Å². The second-order valence-electron chi connectivity index (χ2n) is 4.15. The third-order valence-corrected chi connectivity index (χ3v) is 3.13. The van der Waals surface area contributed by atoms with Crippen molar-refractivity contribution >= 4 is 21.6 Å². The summed E-state index contributed by atoms with van der Waals surface area (Å²) in [7, 11) is 0. The molecular weight excluding hydrogens is 290 g/mol. The number of rotatable bonds is 4. The maximum Gasteiger partial charge on any atom is 0.0973 e. The summed E-state index contributed by atoms with van der Waals surface area (Å²) in [5, 5.41) is 20.4. The number of halogens is 1. The molecule has 18 heavy (non-hydrogen) atoms. The molecule has 0 aromatic heterocycles. The van der Waals surface area contributed by atoms with Gasteiger partial charge in [0.15, 0.2) is 0 Å². The van der Waals surface area contributed by atoms with Crippen LogP contribution in [0.3, 0.4) is 0 Å². The first-order valence-electron chi connectivity index (χ1n) is 5.60. The van der Waals surface area contributed by atoms with Crippen LogP contribution in [0.25, 0.3) is 0 Å². The molecule has 1 aromatic carbocycles. The Labute approximate surface area is 116 Å². The SMILES string of the molecule is CC(C)c1ccc(N/C=C(/C#N)CC#N)c(Br)c1. The Morgan fingerprint density at radius 3 is 2.67 bits per heavy atom. The Kier molecular flexibility index (Phi) is 5.42. The lowest BCUT2D eigenvalue weighted by molar-refractivity contribution is 0.866. The van der Waals surface area contributed by atoms with Gasteiger partial charge in [-0.25, -0.2) is 0 Å². The van der Waals surface area contributed by atoms with Crippen molar-refractivity contribution in [2.24, 2.45) is 0 Å². The topological polar surface area (TPSA) is 59.6 Å². The predicted octanol–water partition coefficient (Wildman–Crippen LogP) is 4.31.